The van der Waals surface area contributed by atoms with Crippen LogP contribution in [0.3, 0.4) is 0 Å². The average molecular weight is 582 g/mol. The van der Waals surface area contributed by atoms with E-state index in [2.05, 4.69) is 27.5 Å². The summed E-state index contributed by atoms with van der Waals surface area (Å²) in [6, 6.07) is 7.75. The van der Waals surface area contributed by atoms with E-state index in [0.717, 1.165) is 35.2 Å². The molecule has 5 atom stereocenters. The maximum atomic E-state index is 11.3. The number of aliphatic hydroxyl groups is 3. The molecule has 0 saturated carbocycles. The van der Waals surface area contributed by atoms with Crippen molar-refractivity contribution in [2.75, 3.05) is 50.5 Å². The Bertz CT molecular complexity index is 695. The molecule has 188 valence electrons. The number of hydrogen-bond acceptors (Lipinski definition) is 9. The number of aliphatic hydroxyl groups excluding tert-OH is 3. The Hall–Kier alpha value is -0.900. The van der Waals surface area contributed by atoms with Crippen LogP contribution in [0.15, 0.2) is 24.3 Å². The number of benzene rings is 1. The number of alkyl halides is 1. The van der Waals surface area contributed by atoms with Gasteiger partial charge in [-0.15, -0.1) is 0 Å². The molecule has 1 aromatic carbocycles. The van der Waals surface area contributed by atoms with Gasteiger partial charge in [0.15, 0.2) is 6.10 Å². The first-order chi connectivity index (χ1) is 15.9. The van der Waals surface area contributed by atoms with Crippen LogP contribution >= 0.6 is 22.6 Å². The van der Waals surface area contributed by atoms with Gasteiger partial charge >= 0.3 is 5.97 Å². The van der Waals surface area contributed by atoms with Crippen LogP contribution in [-0.4, -0.2) is 112 Å². The van der Waals surface area contributed by atoms with Crippen LogP contribution in [0.25, 0.3) is 0 Å². The first-order valence-corrected chi connectivity index (χ1v) is 12.5. The number of nitrogens with zero attached hydrogens (tertiary/aromatic N) is 1. The van der Waals surface area contributed by atoms with Crippen LogP contribution in [-0.2, 0) is 32.0 Å². The number of halogens is 1. The molecule has 0 amide bonds. The molecule has 0 bridgehead atoms. The van der Waals surface area contributed by atoms with E-state index in [1.165, 1.54) is 0 Å². The minimum Gasteiger partial charge on any atom is -0.479 e. The third kappa shape index (κ3) is 9.34. The summed E-state index contributed by atoms with van der Waals surface area (Å²) in [7, 11) is 0. The van der Waals surface area contributed by atoms with Crippen molar-refractivity contribution in [3.05, 3.63) is 35.4 Å². The molecule has 0 radical (unpaired) electrons. The first-order valence-electron chi connectivity index (χ1n) is 11.0. The fourth-order valence-electron chi connectivity index (χ4n) is 3.58. The highest BCUT2D eigenvalue weighted by atomic mass is 127. The lowest BCUT2D eigenvalue weighted by molar-refractivity contribution is -0.227. The van der Waals surface area contributed by atoms with Crippen molar-refractivity contribution >= 4 is 28.6 Å². The van der Waals surface area contributed by atoms with Gasteiger partial charge in [0, 0.05) is 37.0 Å². The summed E-state index contributed by atoms with van der Waals surface area (Å²) < 4.78 is 17.3. The van der Waals surface area contributed by atoms with Crippen molar-refractivity contribution in [3.8, 4) is 0 Å². The van der Waals surface area contributed by atoms with Gasteiger partial charge < -0.3 is 40.4 Å². The number of carboxylic acid groups (broad SMARTS) is 1. The highest BCUT2D eigenvalue weighted by Crippen LogP contribution is 2.24. The molecule has 1 aliphatic heterocycles. The summed E-state index contributed by atoms with van der Waals surface area (Å²) in [6.07, 6.45) is -6.94. The van der Waals surface area contributed by atoms with Crippen LogP contribution in [0.2, 0.25) is 0 Å². The fraction of sp³-hybridized carbons (Fsp3) is 0.682. The Morgan fingerprint density at radius 3 is 2.21 bits per heavy atom. The zero-order chi connectivity index (χ0) is 24.2. The van der Waals surface area contributed by atoms with Gasteiger partial charge in [0.2, 0.25) is 0 Å². The number of carbonyl (C=O) groups is 1. The van der Waals surface area contributed by atoms with Crippen molar-refractivity contribution < 1.29 is 39.4 Å². The highest BCUT2D eigenvalue weighted by Gasteiger charge is 2.46. The monoisotopic (exact) mass is 582 g/mol. The summed E-state index contributed by atoms with van der Waals surface area (Å²) in [6.45, 7) is 5.19. The Labute approximate surface area is 207 Å². The lowest BCUT2D eigenvalue weighted by atomic mass is 9.91. The van der Waals surface area contributed by atoms with E-state index < -0.39 is 36.5 Å². The third-order valence-electron chi connectivity index (χ3n) is 5.41. The zero-order valence-corrected chi connectivity index (χ0v) is 20.7. The standard InChI is InChI=1S/C22H35IN2O8/c23-5-7-25(8-10-32-12-11-31-9-6-24)14-16-3-1-15(2-4-16)13-17-18(26)19(27)20(28)21(33-17)22(29)30/h1-4,17-21,26-28H,5-14,24H2,(H,29,30). The number of hydrogen-bond donors (Lipinski definition) is 5. The lowest BCUT2D eigenvalue weighted by Gasteiger charge is -2.39. The minimum atomic E-state index is -1.68. The van der Waals surface area contributed by atoms with Crippen molar-refractivity contribution in [1.82, 2.24) is 4.90 Å². The molecule has 0 aliphatic carbocycles. The van der Waals surface area contributed by atoms with Crippen LogP contribution in [0, 0.1) is 0 Å². The second-order valence-corrected chi connectivity index (χ2v) is 8.98. The molecule has 1 fully saturated rings. The third-order valence-corrected chi connectivity index (χ3v) is 5.89. The highest BCUT2D eigenvalue weighted by molar-refractivity contribution is 14.1. The SMILES string of the molecule is NCCOCCOCCN(CCI)Cc1ccc(CC2OC(C(=O)O)C(O)C(O)C2O)cc1. The normalized spacial score (nSPS) is 25.5. The number of aliphatic carboxylic acids is 1. The van der Waals surface area contributed by atoms with E-state index in [1.807, 2.05) is 24.3 Å². The Morgan fingerprint density at radius 2 is 1.61 bits per heavy atom. The molecule has 0 aromatic heterocycles. The van der Waals surface area contributed by atoms with Crippen molar-refractivity contribution in [3.63, 3.8) is 0 Å². The second-order valence-electron chi connectivity index (χ2n) is 7.90. The van der Waals surface area contributed by atoms with Gasteiger partial charge in [0.25, 0.3) is 0 Å². The maximum absolute atomic E-state index is 11.3. The topological polar surface area (TPSA) is 155 Å². The summed E-state index contributed by atoms with van der Waals surface area (Å²) in [5.41, 5.74) is 7.31. The lowest BCUT2D eigenvalue weighted by Crippen LogP contribution is -2.60. The largest absolute Gasteiger partial charge is 0.479 e. The second kappa shape index (κ2) is 15.2. The number of nitrogens with two attached hydrogens (primary N) is 1. The molecule has 1 aliphatic rings. The molecule has 0 spiro atoms. The molecule has 2 rings (SSSR count). The van der Waals surface area contributed by atoms with E-state index in [0.29, 0.717) is 33.0 Å². The molecular formula is C22H35IN2O8. The molecule has 5 unspecified atom stereocenters. The van der Waals surface area contributed by atoms with Crippen LogP contribution < -0.4 is 5.73 Å². The summed E-state index contributed by atoms with van der Waals surface area (Å²) in [5.74, 6) is -1.38. The number of carboxylic acids is 1. The van der Waals surface area contributed by atoms with Gasteiger partial charge in [0.05, 0.1) is 32.5 Å². The molecule has 1 aromatic rings. The number of ether oxygens (including phenoxy) is 3. The molecular weight excluding hydrogens is 547 g/mol. The maximum Gasteiger partial charge on any atom is 0.335 e. The molecule has 6 N–H and O–H groups in total. The Balaban J connectivity index is 1.85. The summed E-state index contributed by atoms with van der Waals surface area (Å²) in [5, 5.41) is 39.2. The molecule has 10 nitrogen and oxygen atoms in total. The number of rotatable bonds is 15. The predicted octanol–water partition coefficient (Wildman–Crippen LogP) is -0.607. The van der Waals surface area contributed by atoms with Gasteiger partial charge in [-0.1, -0.05) is 46.9 Å². The quantitative estimate of drug-likeness (QED) is 0.103. The van der Waals surface area contributed by atoms with E-state index in [1.54, 1.807) is 0 Å². The summed E-state index contributed by atoms with van der Waals surface area (Å²) >= 11 is 2.34. The van der Waals surface area contributed by atoms with Gasteiger partial charge in [-0.2, -0.15) is 0 Å². The molecule has 33 heavy (non-hydrogen) atoms. The smallest absolute Gasteiger partial charge is 0.335 e. The van der Waals surface area contributed by atoms with Crippen LogP contribution in [0.5, 0.6) is 0 Å². The van der Waals surface area contributed by atoms with Gasteiger partial charge in [-0.05, 0) is 11.1 Å². The molecule has 1 saturated heterocycles. The molecule has 11 heteroatoms. The van der Waals surface area contributed by atoms with Crippen LogP contribution in [0.4, 0.5) is 0 Å². The Morgan fingerprint density at radius 1 is 0.970 bits per heavy atom. The fourth-order valence-corrected chi connectivity index (χ4v) is 4.27. The van der Waals surface area contributed by atoms with Crippen LogP contribution in [0.1, 0.15) is 11.1 Å². The van der Waals surface area contributed by atoms with E-state index >= 15 is 0 Å². The predicted molar refractivity (Wildman–Crippen MR) is 129 cm³/mol. The van der Waals surface area contributed by atoms with Gasteiger partial charge in [-0.25, -0.2) is 4.79 Å². The summed E-state index contributed by atoms with van der Waals surface area (Å²) in [4.78, 5) is 13.6. The van der Waals surface area contributed by atoms with Crippen molar-refractivity contribution in [2.45, 2.75) is 43.5 Å². The Kier molecular flexibility index (Phi) is 13.0. The molecule has 1 heterocycles. The van der Waals surface area contributed by atoms with Gasteiger partial charge in [0.1, 0.15) is 18.3 Å². The van der Waals surface area contributed by atoms with Gasteiger partial charge in [-0.3, -0.25) is 4.90 Å². The minimum absolute atomic E-state index is 0.215. The zero-order valence-electron chi connectivity index (χ0n) is 18.6. The van der Waals surface area contributed by atoms with E-state index in [4.69, 9.17) is 19.9 Å². The first kappa shape index (κ1) is 28.3. The van der Waals surface area contributed by atoms with E-state index in [-0.39, 0.29) is 6.42 Å². The average Bonchev–Trinajstić information content (AvgIpc) is 2.79. The van der Waals surface area contributed by atoms with Crippen molar-refractivity contribution in [2.24, 2.45) is 5.73 Å². The van der Waals surface area contributed by atoms with Crippen molar-refractivity contribution in [1.29, 1.82) is 0 Å². The van der Waals surface area contributed by atoms with E-state index in [9.17, 15) is 25.2 Å².